The Morgan fingerprint density at radius 2 is 2.10 bits per heavy atom. The third kappa shape index (κ3) is 4.28. The fourth-order valence-electron chi connectivity index (χ4n) is 4.42. The molecule has 0 bridgehead atoms. The maximum Gasteiger partial charge on any atom is 0.322 e. The van der Waals surface area contributed by atoms with Crippen LogP contribution in [0.5, 0.6) is 5.75 Å². The molecule has 2 heterocycles. The summed E-state index contributed by atoms with van der Waals surface area (Å²) >= 11 is 6.13. The van der Waals surface area contributed by atoms with Crippen LogP contribution in [0.15, 0.2) is 42.5 Å². The van der Waals surface area contributed by atoms with Crippen molar-refractivity contribution in [3.8, 4) is 5.75 Å². The number of nitrogens with one attached hydrogen (secondary N) is 1. The van der Waals surface area contributed by atoms with Crippen LogP contribution < -0.4 is 10.1 Å². The summed E-state index contributed by atoms with van der Waals surface area (Å²) in [6, 6.07) is 13.4. The molecule has 2 amide bonds. The van der Waals surface area contributed by atoms with Crippen LogP contribution >= 0.6 is 11.6 Å². The summed E-state index contributed by atoms with van der Waals surface area (Å²) in [5, 5.41) is 3.75. The summed E-state index contributed by atoms with van der Waals surface area (Å²) < 4.78 is 12.0. The summed E-state index contributed by atoms with van der Waals surface area (Å²) in [5.41, 5.74) is 2.76. The highest BCUT2D eigenvalue weighted by Gasteiger charge is 2.48. The van der Waals surface area contributed by atoms with Crippen molar-refractivity contribution in [3.63, 3.8) is 0 Å². The number of carbonyl (C=O) groups excluding carboxylic acids is 1. The molecule has 0 unspecified atom stereocenters. The number of benzene rings is 2. The van der Waals surface area contributed by atoms with Crippen LogP contribution in [0, 0.1) is 24.7 Å². The van der Waals surface area contributed by atoms with Gasteiger partial charge in [0, 0.05) is 41.3 Å². The van der Waals surface area contributed by atoms with Gasteiger partial charge in [-0.25, -0.2) is 4.79 Å². The van der Waals surface area contributed by atoms with Gasteiger partial charge in [-0.15, -0.1) is 0 Å². The molecule has 1 fully saturated rings. The molecule has 3 atom stereocenters. The van der Waals surface area contributed by atoms with Crippen molar-refractivity contribution in [2.75, 3.05) is 31.7 Å². The van der Waals surface area contributed by atoms with E-state index in [-0.39, 0.29) is 23.9 Å². The number of carbonyl (C=O) groups is 1. The van der Waals surface area contributed by atoms with E-state index >= 15 is 0 Å². The smallest absolute Gasteiger partial charge is 0.322 e. The van der Waals surface area contributed by atoms with Gasteiger partial charge in [-0.1, -0.05) is 43.6 Å². The van der Waals surface area contributed by atoms with Crippen LogP contribution in [0.2, 0.25) is 5.02 Å². The quantitative estimate of drug-likeness (QED) is 0.680. The molecule has 0 saturated carbocycles. The topological polar surface area (TPSA) is 50.8 Å². The van der Waals surface area contributed by atoms with Gasteiger partial charge in [0.2, 0.25) is 0 Å². The highest BCUT2D eigenvalue weighted by molar-refractivity contribution is 6.31. The minimum atomic E-state index is -0.102. The van der Waals surface area contributed by atoms with Gasteiger partial charge in [0.05, 0.1) is 19.3 Å². The second kappa shape index (κ2) is 8.86. The van der Waals surface area contributed by atoms with Gasteiger partial charge in [-0.2, -0.15) is 0 Å². The lowest BCUT2D eigenvalue weighted by atomic mass is 9.86. The predicted octanol–water partition coefficient (Wildman–Crippen LogP) is 5.53. The lowest BCUT2D eigenvalue weighted by Gasteiger charge is -2.34. The zero-order valence-electron chi connectivity index (χ0n) is 17.7. The van der Waals surface area contributed by atoms with Crippen LogP contribution in [0.4, 0.5) is 10.5 Å². The lowest BCUT2D eigenvalue weighted by molar-refractivity contribution is 0.0562. The van der Waals surface area contributed by atoms with Crippen molar-refractivity contribution < 1.29 is 14.3 Å². The average Bonchev–Trinajstić information content (AvgIpc) is 3.10. The molecule has 2 aromatic rings. The number of anilines is 1. The molecule has 6 heteroatoms. The molecule has 0 aliphatic carbocycles. The van der Waals surface area contributed by atoms with E-state index in [1.165, 1.54) is 0 Å². The summed E-state index contributed by atoms with van der Waals surface area (Å²) in [4.78, 5) is 15.2. The fourth-order valence-corrected chi connectivity index (χ4v) is 4.53. The zero-order chi connectivity index (χ0) is 21.3. The Morgan fingerprint density at radius 3 is 2.87 bits per heavy atom. The van der Waals surface area contributed by atoms with Gasteiger partial charge >= 0.3 is 6.03 Å². The predicted molar refractivity (Wildman–Crippen MR) is 119 cm³/mol. The van der Waals surface area contributed by atoms with E-state index in [2.05, 4.69) is 25.2 Å². The Morgan fingerprint density at radius 1 is 1.30 bits per heavy atom. The molecule has 2 aliphatic rings. The number of halogens is 1. The molecular formula is C24H29ClN2O3. The Balaban J connectivity index is 1.57. The van der Waals surface area contributed by atoms with Crippen LogP contribution in [-0.2, 0) is 4.74 Å². The fraction of sp³-hybridized carbons (Fsp3) is 0.458. The molecule has 160 valence electrons. The van der Waals surface area contributed by atoms with Crippen molar-refractivity contribution in [1.82, 2.24) is 4.90 Å². The van der Waals surface area contributed by atoms with E-state index in [4.69, 9.17) is 21.1 Å². The zero-order valence-corrected chi connectivity index (χ0v) is 18.5. The second-order valence-corrected chi connectivity index (χ2v) is 9.10. The SMILES string of the molecule is Cc1cc(NC(=O)N2C[C@@H](COCC(C)C)[C@@H]3COc4ccccc4[C@@H]32)ccc1Cl. The molecule has 5 nitrogen and oxygen atoms in total. The number of urea groups is 1. The first kappa shape index (κ1) is 21.0. The van der Waals surface area contributed by atoms with E-state index < -0.39 is 0 Å². The Kier molecular flexibility index (Phi) is 6.21. The third-order valence-electron chi connectivity index (χ3n) is 5.90. The van der Waals surface area contributed by atoms with Crippen molar-refractivity contribution in [2.24, 2.45) is 17.8 Å². The van der Waals surface area contributed by atoms with Crippen molar-refractivity contribution in [3.05, 3.63) is 58.6 Å². The van der Waals surface area contributed by atoms with Crippen molar-refractivity contribution >= 4 is 23.3 Å². The molecule has 0 spiro atoms. The number of fused-ring (bicyclic) bond motifs is 3. The Hall–Kier alpha value is -2.24. The summed E-state index contributed by atoms with van der Waals surface area (Å²) in [6.07, 6.45) is 0. The van der Waals surface area contributed by atoms with Crippen LogP contribution in [-0.4, -0.2) is 37.3 Å². The summed E-state index contributed by atoms with van der Waals surface area (Å²) in [7, 11) is 0. The number of hydrogen-bond donors (Lipinski definition) is 1. The summed E-state index contributed by atoms with van der Waals surface area (Å²) in [5.74, 6) is 1.80. The minimum Gasteiger partial charge on any atom is -0.493 e. The molecule has 4 rings (SSSR count). The number of amides is 2. The number of rotatable bonds is 5. The number of para-hydroxylation sites is 1. The second-order valence-electron chi connectivity index (χ2n) is 8.70. The first-order valence-electron chi connectivity index (χ1n) is 10.6. The standard InChI is InChI=1S/C24H29ClN2O3/c1-15(2)12-29-13-17-11-27(24(28)26-18-8-9-21(25)16(3)10-18)23-19-6-4-5-7-22(19)30-14-20(17)23/h4-10,15,17,20,23H,11-14H2,1-3H3,(H,26,28)/t17-,20-,23-/m0/s1. The van der Waals surface area contributed by atoms with Crippen molar-refractivity contribution in [2.45, 2.75) is 26.8 Å². The van der Waals surface area contributed by atoms with Crippen LogP contribution in [0.3, 0.4) is 0 Å². The van der Waals surface area contributed by atoms with Gasteiger partial charge in [0.15, 0.2) is 0 Å². The summed E-state index contributed by atoms with van der Waals surface area (Å²) in [6.45, 7) is 8.82. The van der Waals surface area contributed by atoms with Gasteiger partial charge in [-0.3, -0.25) is 0 Å². The number of nitrogens with zero attached hydrogens (tertiary/aromatic N) is 1. The highest BCUT2D eigenvalue weighted by atomic mass is 35.5. The molecule has 2 aromatic carbocycles. The van der Waals surface area contributed by atoms with Gasteiger partial charge in [-0.05, 0) is 42.7 Å². The molecule has 0 radical (unpaired) electrons. The van der Waals surface area contributed by atoms with Gasteiger partial charge in [0.1, 0.15) is 5.75 Å². The van der Waals surface area contributed by atoms with Crippen LogP contribution in [0.25, 0.3) is 0 Å². The number of likely N-dealkylation sites (tertiary alicyclic amines) is 1. The van der Waals surface area contributed by atoms with Gasteiger partial charge < -0.3 is 19.7 Å². The molecular weight excluding hydrogens is 400 g/mol. The van der Waals surface area contributed by atoms with E-state index in [0.29, 0.717) is 30.7 Å². The molecule has 0 aromatic heterocycles. The molecule has 30 heavy (non-hydrogen) atoms. The first-order valence-corrected chi connectivity index (χ1v) is 10.9. The largest absolute Gasteiger partial charge is 0.493 e. The van der Waals surface area contributed by atoms with Crippen LogP contribution in [0.1, 0.15) is 31.0 Å². The van der Waals surface area contributed by atoms with E-state index in [1.54, 1.807) is 0 Å². The normalized spacial score (nSPS) is 22.4. The van der Waals surface area contributed by atoms with E-state index in [0.717, 1.165) is 29.2 Å². The highest BCUT2D eigenvalue weighted by Crippen LogP contribution is 2.47. The monoisotopic (exact) mass is 428 g/mol. The number of ether oxygens (including phenoxy) is 2. The number of hydrogen-bond acceptors (Lipinski definition) is 3. The minimum absolute atomic E-state index is 0.0176. The maximum atomic E-state index is 13.3. The molecule has 1 N–H and O–H groups in total. The van der Waals surface area contributed by atoms with E-state index in [1.807, 2.05) is 48.2 Å². The lowest BCUT2D eigenvalue weighted by Crippen LogP contribution is -2.38. The van der Waals surface area contributed by atoms with Crippen molar-refractivity contribution in [1.29, 1.82) is 0 Å². The molecule has 2 aliphatic heterocycles. The van der Waals surface area contributed by atoms with Gasteiger partial charge in [0.25, 0.3) is 0 Å². The first-order chi connectivity index (χ1) is 14.4. The molecule has 1 saturated heterocycles. The Labute approximate surface area is 183 Å². The number of aryl methyl sites for hydroxylation is 1. The Bertz CT molecular complexity index is 917. The third-order valence-corrected chi connectivity index (χ3v) is 6.32. The maximum absolute atomic E-state index is 13.3. The van der Waals surface area contributed by atoms with E-state index in [9.17, 15) is 4.79 Å². The average molecular weight is 429 g/mol.